The Hall–Kier alpha value is -3.76. The molecule has 0 saturated carbocycles. The summed E-state index contributed by atoms with van der Waals surface area (Å²) >= 11 is 0. The van der Waals surface area contributed by atoms with Gasteiger partial charge in [0.2, 0.25) is 23.6 Å². The summed E-state index contributed by atoms with van der Waals surface area (Å²) in [5.74, 6) is -2.46. The monoisotopic (exact) mass is 455 g/mol. The third-order valence-electron chi connectivity index (χ3n) is 4.75. The Bertz CT molecular complexity index is 963. The van der Waals surface area contributed by atoms with Gasteiger partial charge in [0.15, 0.2) is 0 Å². The fourth-order valence-corrected chi connectivity index (χ4v) is 2.91. The molecule has 8 N–H and O–H groups in total. The van der Waals surface area contributed by atoms with E-state index in [1.807, 2.05) is 6.07 Å². The Morgan fingerprint density at radius 2 is 1.45 bits per heavy atom. The number of benzene rings is 2. The van der Waals surface area contributed by atoms with Gasteiger partial charge < -0.3 is 27.2 Å². The largest absolute Gasteiger partial charge is 0.508 e. The highest BCUT2D eigenvalue weighted by Gasteiger charge is 2.25. The van der Waals surface area contributed by atoms with Crippen LogP contribution in [0, 0.1) is 0 Å². The first-order chi connectivity index (χ1) is 15.7. The van der Waals surface area contributed by atoms with Crippen LogP contribution in [0.15, 0.2) is 54.6 Å². The molecule has 0 aromatic heterocycles. The van der Waals surface area contributed by atoms with E-state index in [0.717, 1.165) is 5.56 Å². The van der Waals surface area contributed by atoms with Gasteiger partial charge in [-0.25, -0.2) is 0 Å². The zero-order valence-corrected chi connectivity index (χ0v) is 18.3. The zero-order valence-electron chi connectivity index (χ0n) is 18.3. The molecule has 0 aliphatic heterocycles. The molecule has 0 saturated heterocycles. The minimum atomic E-state index is -1.07. The standard InChI is InChI=1S/C23H29N5O5/c1-14(24)21(31)26-13-20(30)27-19(12-15-5-3-2-4-6-15)23(33)28-22(32)18(25)11-16-7-9-17(29)10-8-16/h2-10,14,18-19,29H,11-13,24-25H2,1H3,(H,26,31)(H,27,30)(H,28,32,33). The molecule has 2 aromatic rings. The highest BCUT2D eigenvalue weighted by Crippen LogP contribution is 2.11. The van der Waals surface area contributed by atoms with Gasteiger partial charge in [-0.1, -0.05) is 42.5 Å². The molecule has 0 aliphatic carbocycles. The highest BCUT2D eigenvalue weighted by atomic mass is 16.3. The van der Waals surface area contributed by atoms with E-state index in [2.05, 4.69) is 16.0 Å². The molecular formula is C23H29N5O5. The number of hydrogen-bond acceptors (Lipinski definition) is 7. The average molecular weight is 456 g/mol. The number of phenolic OH excluding ortho intramolecular Hbond substituents is 1. The van der Waals surface area contributed by atoms with E-state index in [9.17, 15) is 24.3 Å². The molecule has 0 fully saturated rings. The van der Waals surface area contributed by atoms with Gasteiger partial charge in [-0.2, -0.15) is 0 Å². The third kappa shape index (κ3) is 8.71. The number of nitrogens with one attached hydrogen (secondary N) is 3. The predicted octanol–water partition coefficient (Wildman–Crippen LogP) is -0.904. The van der Waals surface area contributed by atoms with Crippen LogP contribution < -0.4 is 27.4 Å². The van der Waals surface area contributed by atoms with E-state index < -0.39 is 41.8 Å². The highest BCUT2D eigenvalue weighted by molar-refractivity contribution is 6.01. The van der Waals surface area contributed by atoms with Crippen LogP contribution in [-0.2, 0) is 32.0 Å². The van der Waals surface area contributed by atoms with E-state index in [1.54, 1.807) is 36.4 Å². The van der Waals surface area contributed by atoms with Gasteiger partial charge in [0.25, 0.3) is 0 Å². The van der Waals surface area contributed by atoms with Crippen LogP contribution in [0.2, 0.25) is 0 Å². The number of aromatic hydroxyl groups is 1. The molecule has 2 rings (SSSR count). The lowest BCUT2D eigenvalue weighted by atomic mass is 10.0. The Morgan fingerprint density at radius 3 is 2.06 bits per heavy atom. The number of nitrogens with two attached hydrogens (primary N) is 2. The van der Waals surface area contributed by atoms with Crippen LogP contribution in [0.4, 0.5) is 0 Å². The van der Waals surface area contributed by atoms with E-state index >= 15 is 0 Å². The number of carbonyl (C=O) groups is 4. The fourth-order valence-electron chi connectivity index (χ4n) is 2.91. The van der Waals surface area contributed by atoms with Crippen LogP contribution in [0.5, 0.6) is 5.75 Å². The van der Waals surface area contributed by atoms with Crippen LogP contribution in [-0.4, -0.2) is 53.4 Å². The lowest BCUT2D eigenvalue weighted by Crippen LogP contribution is -2.54. The van der Waals surface area contributed by atoms with Crippen molar-refractivity contribution in [2.45, 2.75) is 37.9 Å². The molecule has 0 radical (unpaired) electrons. The Kier molecular flexibility index (Phi) is 9.52. The summed E-state index contributed by atoms with van der Waals surface area (Å²) in [6.07, 6.45) is 0.276. The second-order valence-electron chi connectivity index (χ2n) is 7.65. The van der Waals surface area contributed by atoms with Crippen molar-refractivity contribution in [2.24, 2.45) is 11.5 Å². The normalized spacial score (nSPS) is 13.3. The second kappa shape index (κ2) is 12.3. The van der Waals surface area contributed by atoms with Crippen molar-refractivity contribution in [1.82, 2.24) is 16.0 Å². The molecule has 4 amide bonds. The van der Waals surface area contributed by atoms with Gasteiger partial charge in [0.05, 0.1) is 18.6 Å². The third-order valence-corrected chi connectivity index (χ3v) is 4.75. The summed E-state index contributed by atoms with van der Waals surface area (Å²) in [6.45, 7) is 1.11. The molecule has 176 valence electrons. The molecule has 2 aromatic carbocycles. The summed E-state index contributed by atoms with van der Waals surface area (Å²) in [5, 5.41) is 16.5. The summed E-state index contributed by atoms with van der Waals surface area (Å²) < 4.78 is 0. The summed E-state index contributed by atoms with van der Waals surface area (Å²) in [6, 6.07) is 12.3. The Balaban J connectivity index is 2.02. The molecule has 10 nitrogen and oxygen atoms in total. The first kappa shape index (κ1) is 25.5. The van der Waals surface area contributed by atoms with Crippen LogP contribution >= 0.6 is 0 Å². The van der Waals surface area contributed by atoms with E-state index in [1.165, 1.54) is 19.1 Å². The first-order valence-corrected chi connectivity index (χ1v) is 10.4. The van der Waals surface area contributed by atoms with Crippen molar-refractivity contribution in [3.63, 3.8) is 0 Å². The maximum atomic E-state index is 12.8. The Labute approximate surface area is 191 Å². The number of carbonyl (C=O) groups excluding carboxylic acids is 4. The molecular weight excluding hydrogens is 426 g/mol. The number of amides is 4. The molecule has 0 heterocycles. The average Bonchev–Trinajstić information content (AvgIpc) is 2.79. The SMILES string of the molecule is CC(N)C(=O)NCC(=O)NC(Cc1ccccc1)C(=O)NC(=O)C(N)Cc1ccc(O)cc1. The topological polar surface area (TPSA) is 177 Å². The lowest BCUT2D eigenvalue weighted by molar-refractivity contribution is -0.134. The van der Waals surface area contributed by atoms with Gasteiger partial charge in [0.1, 0.15) is 11.8 Å². The number of imide groups is 1. The maximum Gasteiger partial charge on any atom is 0.249 e. The Morgan fingerprint density at radius 1 is 0.848 bits per heavy atom. The molecule has 0 aliphatic rings. The minimum absolute atomic E-state index is 0.0866. The van der Waals surface area contributed by atoms with Gasteiger partial charge in [-0.15, -0.1) is 0 Å². The van der Waals surface area contributed by atoms with Gasteiger partial charge in [-0.3, -0.25) is 24.5 Å². The predicted molar refractivity (Wildman–Crippen MR) is 122 cm³/mol. The van der Waals surface area contributed by atoms with Crippen molar-refractivity contribution in [2.75, 3.05) is 6.54 Å². The number of phenols is 1. The number of rotatable bonds is 10. The smallest absolute Gasteiger partial charge is 0.249 e. The van der Waals surface area contributed by atoms with Crippen molar-refractivity contribution < 1.29 is 24.3 Å². The van der Waals surface area contributed by atoms with Gasteiger partial charge >= 0.3 is 0 Å². The zero-order chi connectivity index (χ0) is 24.4. The quantitative estimate of drug-likeness (QED) is 0.269. The lowest BCUT2D eigenvalue weighted by Gasteiger charge is -2.20. The van der Waals surface area contributed by atoms with E-state index in [0.29, 0.717) is 5.56 Å². The van der Waals surface area contributed by atoms with Crippen molar-refractivity contribution in [1.29, 1.82) is 0 Å². The van der Waals surface area contributed by atoms with Crippen LogP contribution in [0.1, 0.15) is 18.1 Å². The van der Waals surface area contributed by atoms with E-state index in [-0.39, 0.29) is 25.1 Å². The van der Waals surface area contributed by atoms with Gasteiger partial charge in [-0.05, 0) is 36.6 Å². The summed E-state index contributed by atoms with van der Waals surface area (Å²) in [4.78, 5) is 49.1. The molecule has 33 heavy (non-hydrogen) atoms. The van der Waals surface area contributed by atoms with Crippen molar-refractivity contribution in [3.8, 4) is 5.75 Å². The summed E-state index contributed by atoms with van der Waals surface area (Å²) in [7, 11) is 0. The molecule has 0 bridgehead atoms. The molecule has 0 spiro atoms. The maximum absolute atomic E-state index is 12.8. The minimum Gasteiger partial charge on any atom is -0.508 e. The van der Waals surface area contributed by atoms with Crippen LogP contribution in [0.25, 0.3) is 0 Å². The molecule has 3 atom stereocenters. The van der Waals surface area contributed by atoms with E-state index in [4.69, 9.17) is 11.5 Å². The molecule has 3 unspecified atom stereocenters. The summed E-state index contributed by atoms with van der Waals surface area (Å²) in [5.41, 5.74) is 12.8. The van der Waals surface area contributed by atoms with Gasteiger partial charge in [0, 0.05) is 6.42 Å². The first-order valence-electron chi connectivity index (χ1n) is 10.4. The molecule has 10 heteroatoms. The van der Waals surface area contributed by atoms with Crippen molar-refractivity contribution >= 4 is 23.6 Å². The second-order valence-corrected chi connectivity index (χ2v) is 7.65. The van der Waals surface area contributed by atoms with Crippen LogP contribution in [0.3, 0.4) is 0 Å². The fraction of sp³-hybridized carbons (Fsp3) is 0.304. The van der Waals surface area contributed by atoms with Crippen molar-refractivity contribution in [3.05, 3.63) is 65.7 Å². The number of hydrogen-bond donors (Lipinski definition) is 6.